The van der Waals surface area contributed by atoms with Gasteiger partial charge in [-0.25, -0.2) is 0 Å². The lowest BCUT2D eigenvalue weighted by Crippen LogP contribution is -2.52. The molecule has 1 saturated heterocycles. The third-order valence-electron chi connectivity index (χ3n) is 4.41. The predicted octanol–water partition coefficient (Wildman–Crippen LogP) is 3.04. The molecule has 0 bridgehead atoms. The number of carbonyl (C=O) groups is 1. The van der Waals surface area contributed by atoms with Gasteiger partial charge < -0.3 is 19.7 Å². The summed E-state index contributed by atoms with van der Waals surface area (Å²) in [6, 6.07) is 10.1. The van der Waals surface area contributed by atoms with Crippen LogP contribution in [0.5, 0.6) is 11.5 Å². The number of hydrogen-bond acceptors (Lipinski definition) is 5. The summed E-state index contributed by atoms with van der Waals surface area (Å²) in [4.78, 5) is 16.6. The van der Waals surface area contributed by atoms with Gasteiger partial charge in [0, 0.05) is 30.6 Å². The number of carbonyl (C=O) groups excluding carboxylic acids is 1. The Bertz CT molecular complexity index is 765. The van der Waals surface area contributed by atoms with Crippen LogP contribution in [0.3, 0.4) is 0 Å². The van der Waals surface area contributed by atoms with Crippen molar-refractivity contribution in [2.24, 2.45) is 0 Å². The van der Waals surface area contributed by atoms with E-state index >= 15 is 0 Å². The lowest BCUT2D eigenvalue weighted by molar-refractivity contribution is 0.0661. The Kier molecular flexibility index (Phi) is 5.51. The lowest BCUT2D eigenvalue weighted by Gasteiger charge is -2.33. The van der Waals surface area contributed by atoms with Crippen molar-refractivity contribution < 1.29 is 14.3 Å². The minimum atomic E-state index is 0. The first-order valence-electron chi connectivity index (χ1n) is 8.24. The second kappa shape index (κ2) is 7.64. The van der Waals surface area contributed by atoms with E-state index < -0.39 is 0 Å². The Balaban J connectivity index is 0.00000182. The summed E-state index contributed by atoms with van der Waals surface area (Å²) in [5.74, 6) is 1.68. The number of nitrogens with zero attached hydrogens (tertiary/aromatic N) is 1. The zero-order valence-electron chi connectivity index (χ0n) is 14.0. The van der Waals surface area contributed by atoms with Crippen molar-refractivity contribution in [3.63, 3.8) is 0 Å². The first kappa shape index (κ1) is 18.0. The van der Waals surface area contributed by atoms with Gasteiger partial charge in [-0.2, -0.15) is 0 Å². The van der Waals surface area contributed by atoms with Gasteiger partial charge in [-0.15, -0.1) is 23.7 Å². The summed E-state index contributed by atoms with van der Waals surface area (Å²) >= 11 is 1.53. The molecule has 0 radical (unpaired) electrons. The van der Waals surface area contributed by atoms with Gasteiger partial charge in [-0.3, -0.25) is 4.79 Å². The first-order valence-corrected chi connectivity index (χ1v) is 9.05. The molecule has 0 unspecified atom stereocenters. The fourth-order valence-electron chi connectivity index (χ4n) is 3.09. The third kappa shape index (κ3) is 3.61. The second-order valence-electron chi connectivity index (χ2n) is 6.07. The molecule has 0 spiro atoms. The molecule has 4 rings (SSSR count). The molecule has 25 heavy (non-hydrogen) atoms. The van der Waals surface area contributed by atoms with E-state index in [-0.39, 0.29) is 24.4 Å². The minimum absolute atomic E-state index is 0. The summed E-state index contributed by atoms with van der Waals surface area (Å²) in [6.07, 6.45) is 0. The molecule has 1 atom stereocenters. The Morgan fingerprint density at radius 2 is 2.00 bits per heavy atom. The van der Waals surface area contributed by atoms with E-state index in [1.54, 1.807) is 0 Å². The fourth-order valence-corrected chi connectivity index (χ4v) is 4.05. The van der Waals surface area contributed by atoms with Crippen molar-refractivity contribution in [3.8, 4) is 21.9 Å². The number of ether oxygens (including phenoxy) is 2. The molecule has 0 aliphatic carbocycles. The normalized spacial score (nSPS) is 19.2. The molecule has 1 fully saturated rings. The van der Waals surface area contributed by atoms with Crippen LogP contribution in [0.4, 0.5) is 0 Å². The average Bonchev–Trinajstić information content (AvgIpc) is 3.11. The maximum Gasteiger partial charge on any atom is 0.264 e. The maximum atomic E-state index is 12.8. The number of piperazine rings is 1. The van der Waals surface area contributed by atoms with Gasteiger partial charge in [0.2, 0.25) is 0 Å². The molecule has 2 aromatic rings. The number of halogens is 1. The first-order chi connectivity index (χ1) is 11.7. The summed E-state index contributed by atoms with van der Waals surface area (Å²) in [5.41, 5.74) is 1.05. The molecule has 2 aliphatic heterocycles. The number of thiophene rings is 1. The largest absolute Gasteiger partial charge is 0.486 e. The Labute approximate surface area is 157 Å². The van der Waals surface area contributed by atoms with E-state index in [1.165, 1.54) is 11.3 Å². The van der Waals surface area contributed by atoms with E-state index in [2.05, 4.69) is 12.2 Å². The minimum Gasteiger partial charge on any atom is -0.486 e. The van der Waals surface area contributed by atoms with E-state index in [9.17, 15) is 4.79 Å². The summed E-state index contributed by atoms with van der Waals surface area (Å²) in [6.45, 7) is 5.72. The number of rotatable bonds is 2. The second-order valence-corrected chi connectivity index (χ2v) is 7.16. The van der Waals surface area contributed by atoms with Gasteiger partial charge in [0.15, 0.2) is 11.5 Å². The molecular weight excluding hydrogens is 360 g/mol. The van der Waals surface area contributed by atoms with Crippen molar-refractivity contribution >= 4 is 29.7 Å². The highest BCUT2D eigenvalue weighted by Gasteiger charge is 2.25. The van der Waals surface area contributed by atoms with Gasteiger partial charge in [0.1, 0.15) is 13.2 Å². The molecule has 5 nitrogen and oxygen atoms in total. The lowest BCUT2D eigenvalue weighted by atomic mass is 10.1. The van der Waals surface area contributed by atoms with Crippen LogP contribution < -0.4 is 14.8 Å². The zero-order valence-corrected chi connectivity index (χ0v) is 15.6. The van der Waals surface area contributed by atoms with E-state index in [1.807, 2.05) is 35.2 Å². The summed E-state index contributed by atoms with van der Waals surface area (Å²) in [7, 11) is 0. The quantitative estimate of drug-likeness (QED) is 0.870. The molecule has 2 aliphatic rings. The molecule has 3 heterocycles. The molecular formula is C18H21ClN2O3S. The van der Waals surface area contributed by atoms with Gasteiger partial charge in [0.25, 0.3) is 5.91 Å². The third-order valence-corrected chi connectivity index (χ3v) is 5.53. The maximum absolute atomic E-state index is 12.8. The van der Waals surface area contributed by atoms with Crippen molar-refractivity contribution in [1.82, 2.24) is 10.2 Å². The highest BCUT2D eigenvalue weighted by Crippen LogP contribution is 2.37. The highest BCUT2D eigenvalue weighted by atomic mass is 35.5. The van der Waals surface area contributed by atoms with Crippen molar-refractivity contribution in [3.05, 3.63) is 35.2 Å². The summed E-state index contributed by atoms with van der Waals surface area (Å²) in [5, 5.41) is 3.31. The van der Waals surface area contributed by atoms with Gasteiger partial charge in [-0.1, -0.05) is 0 Å². The highest BCUT2D eigenvalue weighted by molar-refractivity contribution is 7.17. The molecule has 0 saturated carbocycles. The van der Waals surface area contributed by atoms with E-state index in [0.29, 0.717) is 13.2 Å². The van der Waals surface area contributed by atoms with Crippen molar-refractivity contribution in [1.29, 1.82) is 0 Å². The molecule has 1 amide bonds. The van der Waals surface area contributed by atoms with Crippen molar-refractivity contribution in [2.45, 2.75) is 13.0 Å². The van der Waals surface area contributed by atoms with Crippen LogP contribution in [0.15, 0.2) is 30.3 Å². The Morgan fingerprint density at radius 3 is 2.80 bits per heavy atom. The van der Waals surface area contributed by atoms with E-state index in [4.69, 9.17) is 9.47 Å². The zero-order chi connectivity index (χ0) is 16.5. The molecule has 1 N–H and O–H groups in total. The van der Waals surface area contributed by atoms with Gasteiger partial charge in [0.05, 0.1) is 4.88 Å². The average molecular weight is 381 g/mol. The van der Waals surface area contributed by atoms with Gasteiger partial charge in [-0.05, 0) is 42.8 Å². The van der Waals surface area contributed by atoms with Crippen molar-refractivity contribution in [2.75, 3.05) is 32.8 Å². The van der Waals surface area contributed by atoms with Crippen LogP contribution in [0.1, 0.15) is 16.6 Å². The fraction of sp³-hybridized carbons (Fsp3) is 0.389. The standard InChI is InChI=1S/C18H20N2O3S.ClH/c1-12-11-19-6-7-20(12)18(21)17-5-4-16(24-17)13-2-3-14-15(10-13)23-9-8-22-14;/h2-5,10,12,19H,6-9,11H2,1H3;1H/t12-;/m0./s1. The van der Waals surface area contributed by atoms with Gasteiger partial charge >= 0.3 is 0 Å². The van der Waals surface area contributed by atoms with Crippen LogP contribution >= 0.6 is 23.7 Å². The Hall–Kier alpha value is -1.76. The number of fused-ring (bicyclic) bond motifs is 1. The van der Waals surface area contributed by atoms with Crippen LogP contribution in [-0.2, 0) is 0 Å². The molecule has 7 heteroatoms. The smallest absolute Gasteiger partial charge is 0.264 e. The van der Waals surface area contributed by atoms with Crippen LogP contribution in [0, 0.1) is 0 Å². The van der Waals surface area contributed by atoms with Crippen LogP contribution in [0.2, 0.25) is 0 Å². The molecule has 134 valence electrons. The number of benzene rings is 1. The predicted molar refractivity (Wildman–Crippen MR) is 101 cm³/mol. The van der Waals surface area contributed by atoms with Crippen LogP contribution in [-0.4, -0.2) is 49.7 Å². The molecule has 1 aromatic carbocycles. The van der Waals surface area contributed by atoms with E-state index in [0.717, 1.165) is 46.5 Å². The van der Waals surface area contributed by atoms with Crippen LogP contribution in [0.25, 0.3) is 10.4 Å². The number of amides is 1. The Morgan fingerprint density at radius 1 is 1.20 bits per heavy atom. The number of nitrogens with one attached hydrogen (secondary N) is 1. The monoisotopic (exact) mass is 380 g/mol. The number of hydrogen-bond donors (Lipinski definition) is 1. The summed E-state index contributed by atoms with van der Waals surface area (Å²) < 4.78 is 11.2. The topological polar surface area (TPSA) is 50.8 Å². The molecule has 1 aromatic heterocycles. The SMILES string of the molecule is C[C@H]1CNCCN1C(=O)c1ccc(-c2ccc3c(c2)OCCO3)s1.Cl.